The van der Waals surface area contributed by atoms with Gasteiger partial charge in [0.2, 0.25) is 5.91 Å². The van der Waals surface area contributed by atoms with E-state index in [0.717, 1.165) is 18.0 Å². The average molecular weight is 373 g/mol. The summed E-state index contributed by atoms with van der Waals surface area (Å²) in [7, 11) is 0. The maximum Gasteiger partial charge on any atom is 0.220 e. The summed E-state index contributed by atoms with van der Waals surface area (Å²) in [5, 5.41) is 3.19. The fraction of sp³-hybridized carbons (Fsp3) is 0.682. The first-order valence-corrected chi connectivity index (χ1v) is 10.6. The molecule has 4 rings (SSSR count). The molecule has 1 aromatic rings. The maximum absolute atomic E-state index is 12.6. The third-order valence-electron chi connectivity index (χ3n) is 6.20. The molecule has 5 heteroatoms. The van der Waals surface area contributed by atoms with Crippen molar-refractivity contribution in [2.24, 2.45) is 5.92 Å². The van der Waals surface area contributed by atoms with Gasteiger partial charge in [-0.2, -0.15) is 0 Å². The summed E-state index contributed by atoms with van der Waals surface area (Å²) in [6.07, 6.45) is 6.91. The van der Waals surface area contributed by atoms with Crippen LogP contribution in [0, 0.1) is 5.92 Å². The lowest BCUT2D eigenvalue weighted by molar-refractivity contribution is -0.121. The topological polar surface area (TPSA) is 50.8 Å². The Morgan fingerprint density at radius 3 is 2.63 bits per heavy atom. The van der Waals surface area contributed by atoms with E-state index in [1.165, 1.54) is 50.8 Å². The fourth-order valence-corrected chi connectivity index (χ4v) is 4.37. The molecule has 2 unspecified atom stereocenters. The number of carbonyl (C=O) groups is 1. The van der Waals surface area contributed by atoms with Crippen LogP contribution >= 0.6 is 0 Å². The van der Waals surface area contributed by atoms with Gasteiger partial charge in [0.1, 0.15) is 13.2 Å². The molecule has 0 bridgehead atoms. The summed E-state index contributed by atoms with van der Waals surface area (Å²) in [6, 6.07) is 6.61. The number of hydrogen-bond acceptors (Lipinski definition) is 4. The molecular weight excluding hydrogens is 340 g/mol. The van der Waals surface area contributed by atoms with Gasteiger partial charge < -0.3 is 14.8 Å². The number of likely N-dealkylation sites (tertiary alicyclic amines) is 1. The lowest BCUT2D eigenvalue weighted by Crippen LogP contribution is -2.44. The Labute approximate surface area is 162 Å². The van der Waals surface area contributed by atoms with Gasteiger partial charge in [0.25, 0.3) is 0 Å². The zero-order chi connectivity index (χ0) is 18.6. The lowest BCUT2D eigenvalue weighted by atomic mass is 9.90. The zero-order valence-electron chi connectivity index (χ0n) is 16.4. The Bertz CT molecular complexity index is 653. The molecule has 3 aliphatic rings. The van der Waals surface area contributed by atoms with Crippen LogP contribution in [0.25, 0.3) is 0 Å². The fourth-order valence-electron chi connectivity index (χ4n) is 4.37. The highest BCUT2D eigenvalue weighted by molar-refractivity contribution is 5.77. The van der Waals surface area contributed by atoms with Crippen molar-refractivity contribution in [3.05, 3.63) is 23.8 Å². The van der Waals surface area contributed by atoms with E-state index in [2.05, 4.69) is 29.3 Å². The molecule has 1 saturated heterocycles. The number of piperidine rings is 1. The molecule has 27 heavy (non-hydrogen) atoms. The number of hydrogen-bond donors (Lipinski definition) is 1. The van der Waals surface area contributed by atoms with Gasteiger partial charge in [-0.05, 0) is 75.2 Å². The predicted molar refractivity (Wildman–Crippen MR) is 105 cm³/mol. The highest BCUT2D eigenvalue weighted by Gasteiger charge is 2.34. The monoisotopic (exact) mass is 372 g/mol. The molecular formula is C22H32N2O3. The van der Waals surface area contributed by atoms with Gasteiger partial charge in [-0.25, -0.2) is 0 Å². The summed E-state index contributed by atoms with van der Waals surface area (Å²) >= 11 is 0. The van der Waals surface area contributed by atoms with Gasteiger partial charge in [0.15, 0.2) is 11.5 Å². The quantitative estimate of drug-likeness (QED) is 0.798. The van der Waals surface area contributed by atoms with E-state index < -0.39 is 0 Å². The molecule has 1 saturated carbocycles. The summed E-state index contributed by atoms with van der Waals surface area (Å²) < 4.78 is 11.4. The molecule has 2 aliphatic heterocycles. The number of benzene rings is 1. The number of nitrogens with zero attached hydrogens (tertiary/aromatic N) is 1. The Morgan fingerprint density at radius 1 is 1.15 bits per heavy atom. The predicted octanol–water partition coefficient (Wildman–Crippen LogP) is 3.33. The van der Waals surface area contributed by atoms with E-state index in [1.807, 2.05) is 6.07 Å². The van der Waals surface area contributed by atoms with Crippen LogP contribution < -0.4 is 14.8 Å². The van der Waals surface area contributed by atoms with Crippen molar-refractivity contribution >= 4 is 5.91 Å². The number of nitrogens with one attached hydrogen (secondary N) is 1. The van der Waals surface area contributed by atoms with Crippen molar-refractivity contribution in [2.75, 3.05) is 32.8 Å². The molecule has 148 valence electrons. The van der Waals surface area contributed by atoms with E-state index in [0.29, 0.717) is 31.6 Å². The van der Waals surface area contributed by atoms with Gasteiger partial charge in [-0.15, -0.1) is 0 Å². The molecule has 0 aromatic heterocycles. The van der Waals surface area contributed by atoms with Crippen molar-refractivity contribution in [3.63, 3.8) is 0 Å². The molecule has 1 N–H and O–H groups in total. The average Bonchev–Trinajstić information content (AvgIpc) is 3.55. The standard InChI is InChI=1S/C22H32N2O3/c1-16(24-9-3-2-4-10-24)15-23-22(25)14-19(17-5-6-17)18-7-8-20-21(13-18)27-12-11-26-20/h7-8,13,16-17,19H,2-6,9-12,14-15H2,1H3,(H,23,25). The second kappa shape index (κ2) is 8.51. The summed E-state index contributed by atoms with van der Waals surface area (Å²) in [4.78, 5) is 15.2. The summed E-state index contributed by atoms with van der Waals surface area (Å²) in [5.74, 6) is 2.72. The minimum atomic E-state index is 0.172. The van der Waals surface area contributed by atoms with E-state index in [9.17, 15) is 4.79 Å². The van der Waals surface area contributed by atoms with Crippen LogP contribution in [0.2, 0.25) is 0 Å². The zero-order valence-corrected chi connectivity index (χ0v) is 16.4. The highest BCUT2D eigenvalue weighted by Crippen LogP contribution is 2.46. The number of carbonyl (C=O) groups excluding carboxylic acids is 1. The van der Waals surface area contributed by atoms with Crippen LogP contribution in [-0.2, 0) is 4.79 Å². The molecule has 0 spiro atoms. The number of rotatable bonds is 7. The Hall–Kier alpha value is -1.75. The van der Waals surface area contributed by atoms with E-state index in [4.69, 9.17) is 9.47 Å². The van der Waals surface area contributed by atoms with E-state index in [1.54, 1.807) is 0 Å². The summed E-state index contributed by atoms with van der Waals surface area (Å²) in [6.45, 7) is 6.51. The van der Waals surface area contributed by atoms with Crippen molar-refractivity contribution in [3.8, 4) is 11.5 Å². The minimum absolute atomic E-state index is 0.172. The smallest absolute Gasteiger partial charge is 0.220 e. The first kappa shape index (κ1) is 18.6. The van der Waals surface area contributed by atoms with Gasteiger partial charge in [-0.1, -0.05) is 12.5 Å². The molecule has 1 amide bonds. The van der Waals surface area contributed by atoms with Crippen molar-refractivity contribution < 1.29 is 14.3 Å². The molecule has 5 nitrogen and oxygen atoms in total. The first-order valence-electron chi connectivity index (χ1n) is 10.6. The van der Waals surface area contributed by atoms with Crippen molar-refractivity contribution in [1.29, 1.82) is 0 Å². The molecule has 2 heterocycles. The Morgan fingerprint density at radius 2 is 1.89 bits per heavy atom. The second-order valence-electron chi connectivity index (χ2n) is 8.30. The number of fused-ring (bicyclic) bond motifs is 1. The normalized spacial score (nSPS) is 22.1. The SMILES string of the molecule is CC(CNC(=O)CC(c1ccc2c(c1)OCCO2)C1CC1)N1CCCCC1. The minimum Gasteiger partial charge on any atom is -0.486 e. The van der Waals surface area contributed by atoms with Crippen molar-refractivity contribution in [2.45, 2.75) is 57.4 Å². The third-order valence-corrected chi connectivity index (χ3v) is 6.20. The van der Waals surface area contributed by atoms with Gasteiger partial charge >= 0.3 is 0 Å². The molecule has 1 aliphatic carbocycles. The van der Waals surface area contributed by atoms with Gasteiger partial charge in [0, 0.05) is 19.0 Å². The Kier molecular flexibility index (Phi) is 5.86. The van der Waals surface area contributed by atoms with Crippen molar-refractivity contribution in [1.82, 2.24) is 10.2 Å². The molecule has 2 atom stereocenters. The second-order valence-corrected chi connectivity index (χ2v) is 8.30. The summed E-state index contributed by atoms with van der Waals surface area (Å²) in [5.41, 5.74) is 1.21. The highest BCUT2D eigenvalue weighted by atomic mass is 16.6. The van der Waals surface area contributed by atoms with Crippen LogP contribution in [0.1, 0.15) is 56.9 Å². The van der Waals surface area contributed by atoms with Crippen LogP contribution in [0.3, 0.4) is 0 Å². The molecule has 1 aromatic carbocycles. The van der Waals surface area contributed by atoms with Crippen LogP contribution in [0.4, 0.5) is 0 Å². The lowest BCUT2D eigenvalue weighted by Gasteiger charge is -2.32. The Balaban J connectivity index is 1.33. The van der Waals surface area contributed by atoms with Gasteiger partial charge in [0.05, 0.1) is 0 Å². The van der Waals surface area contributed by atoms with E-state index >= 15 is 0 Å². The number of ether oxygens (including phenoxy) is 2. The number of amides is 1. The first-order chi connectivity index (χ1) is 13.2. The van der Waals surface area contributed by atoms with Gasteiger partial charge in [-0.3, -0.25) is 9.69 Å². The third kappa shape index (κ3) is 4.75. The van der Waals surface area contributed by atoms with Crippen LogP contribution in [0.15, 0.2) is 18.2 Å². The largest absolute Gasteiger partial charge is 0.486 e. The molecule has 0 radical (unpaired) electrons. The van der Waals surface area contributed by atoms with Crippen LogP contribution in [0.5, 0.6) is 11.5 Å². The maximum atomic E-state index is 12.6. The van der Waals surface area contributed by atoms with E-state index in [-0.39, 0.29) is 11.8 Å². The molecule has 2 fully saturated rings. The van der Waals surface area contributed by atoms with Crippen LogP contribution in [-0.4, -0.2) is 49.7 Å².